The zero-order chi connectivity index (χ0) is 24.8. The first-order valence-electron chi connectivity index (χ1n) is 13.3. The fraction of sp³-hybridized carbons (Fsp3) is 1.00. The molecule has 0 aromatic carbocycles. The van der Waals surface area contributed by atoms with E-state index >= 15 is 0 Å². The zero-order valence-corrected chi connectivity index (χ0v) is 23.0. The largest absolute Gasteiger partial charge is 0.756 e. The average Bonchev–Trinajstić information content (AvgIpc) is 2.73. The van der Waals surface area contributed by atoms with Crippen LogP contribution in [0.25, 0.3) is 0 Å². The minimum Gasteiger partial charge on any atom is -0.756 e. The van der Waals surface area contributed by atoms with Gasteiger partial charge in [-0.3, -0.25) is 4.57 Å². The van der Waals surface area contributed by atoms with Crippen molar-refractivity contribution in [3.8, 4) is 0 Å². The van der Waals surface area contributed by atoms with Gasteiger partial charge in [0.1, 0.15) is 19.3 Å². The zero-order valence-electron chi connectivity index (χ0n) is 22.1. The molecular weight excluding hydrogens is 441 g/mol. The van der Waals surface area contributed by atoms with Gasteiger partial charge in [-0.15, -0.1) is 0 Å². The van der Waals surface area contributed by atoms with Crippen molar-refractivity contribution in [3.63, 3.8) is 0 Å². The van der Waals surface area contributed by atoms with Crippen LogP contribution in [0.15, 0.2) is 0 Å². The number of aliphatic hydroxyl groups excluding tert-OH is 1. The van der Waals surface area contributed by atoms with Crippen LogP contribution in [-0.4, -0.2) is 69.8 Å². The molecule has 0 rings (SSSR count). The summed E-state index contributed by atoms with van der Waals surface area (Å²) in [5.41, 5.74) is 0. The van der Waals surface area contributed by atoms with Gasteiger partial charge in [0, 0.05) is 6.61 Å². The van der Waals surface area contributed by atoms with Crippen LogP contribution >= 0.6 is 7.82 Å². The van der Waals surface area contributed by atoms with E-state index in [1.807, 2.05) is 21.1 Å². The van der Waals surface area contributed by atoms with E-state index in [2.05, 4.69) is 6.92 Å². The number of phosphoric ester groups is 1. The molecule has 0 heterocycles. The number of rotatable bonds is 25. The Morgan fingerprint density at radius 3 is 1.64 bits per heavy atom. The highest BCUT2D eigenvalue weighted by Gasteiger charge is 2.15. The van der Waals surface area contributed by atoms with Gasteiger partial charge in [-0.05, 0) is 6.42 Å². The molecule has 200 valence electrons. The lowest BCUT2D eigenvalue weighted by Crippen LogP contribution is -2.37. The molecule has 0 radical (unpaired) electrons. The average molecular weight is 496 g/mol. The SMILES string of the molecule is CCCCCCCCCCCCCCCCCOC[C@@H](O)COP(=O)([O-])OCC[N+](C)(C)C. The van der Waals surface area contributed by atoms with Gasteiger partial charge in [-0.1, -0.05) is 96.8 Å². The lowest BCUT2D eigenvalue weighted by molar-refractivity contribution is -0.870. The highest BCUT2D eigenvalue weighted by atomic mass is 31.2. The predicted octanol–water partition coefficient (Wildman–Crippen LogP) is 5.44. The summed E-state index contributed by atoms with van der Waals surface area (Å²) in [5, 5.41) is 9.82. The van der Waals surface area contributed by atoms with E-state index in [9.17, 15) is 14.6 Å². The predicted molar refractivity (Wildman–Crippen MR) is 134 cm³/mol. The molecule has 1 unspecified atom stereocenters. The maximum Gasteiger partial charge on any atom is 0.268 e. The van der Waals surface area contributed by atoms with Crippen molar-refractivity contribution in [2.45, 2.75) is 109 Å². The highest BCUT2D eigenvalue weighted by Crippen LogP contribution is 2.38. The van der Waals surface area contributed by atoms with Crippen molar-refractivity contribution >= 4 is 7.82 Å². The normalized spacial score (nSPS) is 15.0. The molecule has 0 amide bonds. The van der Waals surface area contributed by atoms with E-state index in [0.29, 0.717) is 17.6 Å². The van der Waals surface area contributed by atoms with Crippen LogP contribution in [-0.2, 0) is 18.3 Å². The number of ether oxygens (including phenoxy) is 1. The third kappa shape index (κ3) is 26.4. The summed E-state index contributed by atoms with van der Waals surface area (Å²) in [4.78, 5) is 11.7. The van der Waals surface area contributed by atoms with Crippen molar-refractivity contribution in [3.05, 3.63) is 0 Å². The monoisotopic (exact) mass is 495 g/mol. The molecule has 0 aliphatic heterocycles. The van der Waals surface area contributed by atoms with Crippen LogP contribution in [0.4, 0.5) is 0 Å². The Kier molecular flexibility index (Phi) is 21.3. The summed E-state index contributed by atoms with van der Waals surface area (Å²) >= 11 is 0. The Morgan fingerprint density at radius 1 is 0.727 bits per heavy atom. The Balaban J connectivity index is 3.38. The second kappa shape index (κ2) is 21.3. The smallest absolute Gasteiger partial charge is 0.268 e. The van der Waals surface area contributed by atoms with Crippen molar-refractivity contribution in [2.24, 2.45) is 0 Å². The maximum atomic E-state index is 11.7. The molecule has 0 saturated carbocycles. The van der Waals surface area contributed by atoms with Crippen LogP contribution < -0.4 is 4.89 Å². The number of quaternary nitrogens is 1. The molecule has 0 bridgehead atoms. The van der Waals surface area contributed by atoms with E-state index in [-0.39, 0.29) is 19.8 Å². The topological polar surface area (TPSA) is 88.0 Å². The van der Waals surface area contributed by atoms with Crippen LogP contribution in [0.3, 0.4) is 0 Å². The standard InChI is InChI=1S/C25H54NO6P/c1-5-6-7-8-9-10-11-12-13-14-15-16-17-18-19-21-30-23-25(27)24-32-33(28,29)31-22-20-26(2,3)4/h25,27H,5-24H2,1-4H3/t25-/m1/s1. The van der Waals surface area contributed by atoms with E-state index < -0.39 is 13.9 Å². The van der Waals surface area contributed by atoms with Gasteiger partial charge in [-0.25, -0.2) is 0 Å². The molecule has 2 atom stereocenters. The fourth-order valence-electron chi connectivity index (χ4n) is 3.48. The van der Waals surface area contributed by atoms with Gasteiger partial charge in [-0.2, -0.15) is 0 Å². The van der Waals surface area contributed by atoms with Gasteiger partial charge in [0.25, 0.3) is 7.82 Å². The molecule has 1 N–H and O–H groups in total. The van der Waals surface area contributed by atoms with Crippen LogP contribution in [0, 0.1) is 0 Å². The molecule has 8 heteroatoms. The molecule has 0 aliphatic rings. The second-order valence-corrected chi connectivity index (χ2v) is 11.7. The molecule has 0 fully saturated rings. The minimum absolute atomic E-state index is 0.0517. The lowest BCUT2D eigenvalue weighted by Gasteiger charge is -2.27. The Hall–Kier alpha value is -0.0100. The number of likely N-dealkylation sites (N-methyl/N-ethyl adjacent to an activating group) is 1. The lowest BCUT2D eigenvalue weighted by atomic mass is 10.0. The molecule has 0 spiro atoms. The first kappa shape index (κ1) is 33.0. The molecule has 7 nitrogen and oxygen atoms in total. The number of unbranched alkanes of at least 4 members (excludes halogenated alkanes) is 14. The fourth-order valence-corrected chi connectivity index (χ4v) is 4.22. The molecule has 0 aromatic heterocycles. The van der Waals surface area contributed by atoms with Crippen molar-refractivity contribution in [1.82, 2.24) is 0 Å². The molecule has 0 aliphatic carbocycles. The number of aliphatic hydroxyl groups is 1. The van der Waals surface area contributed by atoms with E-state index in [0.717, 1.165) is 12.8 Å². The van der Waals surface area contributed by atoms with Gasteiger partial charge >= 0.3 is 0 Å². The van der Waals surface area contributed by atoms with Crippen LogP contribution in [0.5, 0.6) is 0 Å². The third-order valence-corrected chi connectivity index (χ3v) is 6.60. The number of hydrogen-bond donors (Lipinski definition) is 1. The number of hydrogen-bond acceptors (Lipinski definition) is 6. The number of phosphoric acid groups is 1. The van der Waals surface area contributed by atoms with Crippen molar-refractivity contribution in [1.29, 1.82) is 0 Å². The second-order valence-electron chi connectivity index (χ2n) is 10.3. The first-order chi connectivity index (χ1) is 15.7. The van der Waals surface area contributed by atoms with Gasteiger partial charge in [0.15, 0.2) is 0 Å². The molecule has 0 aromatic rings. The summed E-state index contributed by atoms with van der Waals surface area (Å²) in [6.07, 6.45) is 18.8. The summed E-state index contributed by atoms with van der Waals surface area (Å²) in [6, 6.07) is 0. The number of nitrogens with zero attached hydrogens (tertiary/aromatic N) is 1. The summed E-state index contributed by atoms with van der Waals surface area (Å²) < 4.78 is 27.2. The van der Waals surface area contributed by atoms with Crippen molar-refractivity contribution in [2.75, 3.05) is 54.1 Å². The minimum atomic E-state index is -4.39. The molecule has 33 heavy (non-hydrogen) atoms. The Morgan fingerprint density at radius 2 is 1.18 bits per heavy atom. The summed E-state index contributed by atoms with van der Waals surface area (Å²) in [5.74, 6) is 0. The summed E-state index contributed by atoms with van der Waals surface area (Å²) in [6.45, 7) is 3.16. The molecule has 0 saturated heterocycles. The first-order valence-corrected chi connectivity index (χ1v) is 14.8. The van der Waals surface area contributed by atoms with Gasteiger partial charge in [0.05, 0.1) is 34.4 Å². The van der Waals surface area contributed by atoms with E-state index in [1.54, 1.807) is 0 Å². The Bertz CT molecular complexity index is 472. The van der Waals surface area contributed by atoms with Gasteiger partial charge in [0.2, 0.25) is 0 Å². The third-order valence-electron chi connectivity index (χ3n) is 5.64. The van der Waals surface area contributed by atoms with Crippen molar-refractivity contribution < 1.29 is 32.8 Å². The Labute approximate surface area is 204 Å². The van der Waals surface area contributed by atoms with Gasteiger partial charge < -0.3 is 28.3 Å². The van der Waals surface area contributed by atoms with Crippen LogP contribution in [0.1, 0.15) is 103 Å². The quantitative estimate of drug-likeness (QED) is 0.103. The maximum absolute atomic E-state index is 11.7. The molecular formula is C25H54NO6P. The van der Waals surface area contributed by atoms with Crippen LogP contribution in [0.2, 0.25) is 0 Å². The highest BCUT2D eigenvalue weighted by molar-refractivity contribution is 7.45. The van der Waals surface area contributed by atoms with E-state index in [4.69, 9.17) is 13.8 Å². The summed E-state index contributed by atoms with van der Waals surface area (Å²) in [7, 11) is 1.45. The van der Waals surface area contributed by atoms with E-state index in [1.165, 1.54) is 83.5 Å².